The number of esters is 2. The molecule has 2 atom stereocenters. The third-order valence-electron chi connectivity index (χ3n) is 3.21. The SMILES string of the molecule is CC(Cl)CC(=O)OCCCCCCCCCOC(=O)CC(C)Cl. The summed E-state index contributed by atoms with van der Waals surface area (Å²) in [5.41, 5.74) is 0. The Hall–Kier alpha value is -0.480. The van der Waals surface area contributed by atoms with Gasteiger partial charge in [-0.3, -0.25) is 9.59 Å². The maximum Gasteiger partial charge on any atom is 0.307 e. The first-order valence-corrected chi connectivity index (χ1v) is 9.38. The van der Waals surface area contributed by atoms with E-state index < -0.39 is 0 Å². The van der Waals surface area contributed by atoms with E-state index in [9.17, 15) is 9.59 Å². The summed E-state index contributed by atoms with van der Waals surface area (Å²) in [6.45, 7) is 4.53. The normalized spacial score (nSPS) is 13.4. The molecule has 0 aromatic rings. The van der Waals surface area contributed by atoms with Crippen LogP contribution in [0, 0.1) is 0 Å². The molecule has 2 unspecified atom stereocenters. The Morgan fingerprint density at radius 1 is 0.696 bits per heavy atom. The Morgan fingerprint density at radius 3 is 1.30 bits per heavy atom. The summed E-state index contributed by atoms with van der Waals surface area (Å²) in [5.74, 6) is -0.434. The molecule has 0 N–H and O–H groups in total. The molecule has 0 spiro atoms. The second-order valence-corrected chi connectivity index (χ2v) is 7.38. The van der Waals surface area contributed by atoms with Crippen LogP contribution in [-0.4, -0.2) is 35.9 Å². The Balaban J connectivity index is 3.22. The van der Waals surface area contributed by atoms with Crippen molar-refractivity contribution in [3.63, 3.8) is 0 Å². The van der Waals surface area contributed by atoms with Crippen LogP contribution in [0.3, 0.4) is 0 Å². The van der Waals surface area contributed by atoms with Crippen molar-refractivity contribution in [2.24, 2.45) is 0 Å². The van der Waals surface area contributed by atoms with Gasteiger partial charge in [0.1, 0.15) is 0 Å². The van der Waals surface area contributed by atoms with E-state index in [1.165, 1.54) is 0 Å². The molecule has 0 aromatic heterocycles. The maximum atomic E-state index is 11.2. The molecule has 4 nitrogen and oxygen atoms in total. The molecule has 0 saturated carbocycles. The fourth-order valence-electron chi connectivity index (χ4n) is 2.04. The molecule has 0 bridgehead atoms. The highest BCUT2D eigenvalue weighted by Gasteiger charge is 2.07. The molecule has 23 heavy (non-hydrogen) atoms. The highest BCUT2D eigenvalue weighted by molar-refractivity contribution is 6.21. The summed E-state index contributed by atoms with van der Waals surface area (Å²) in [7, 11) is 0. The van der Waals surface area contributed by atoms with Gasteiger partial charge in [0, 0.05) is 10.8 Å². The van der Waals surface area contributed by atoms with Crippen LogP contribution in [0.5, 0.6) is 0 Å². The topological polar surface area (TPSA) is 52.6 Å². The number of rotatable bonds is 14. The standard InChI is InChI=1S/C17H30Cl2O4/c1-14(18)12-16(20)22-10-8-6-4-3-5-7-9-11-23-17(21)13-15(2)19/h14-15H,3-13H2,1-2H3. The molecule has 0 aromatic carbocycles. The van der Waals surface area contributed by atoms with Gasteiger partial charge in [-0.05, 0) is 26.7 Å². The number of carbonyl (C=O) groups is 2. The summed E-state index contributed by atoms with van der Waals surface area (Å²) in [6.07, 6.45) is 7.89. The summed E-state index contributed by atoms with van der Waals surface area (Å²) >= 11 is 11.4. The van der Waals surface area contributed by atoms with Gasteiger partial charge in [-0.1, -0.05) is 32.1 Å². The lowest BCUT2D eigenvalue weighted by Crippen LogP contribution is -2.10. The van der Waals surface area contributed by atoms with Crippen LogP contribution in [-0.2, 0) is 19.1 Å². The second-order valence-electron chi connectivity index (χ2n) is 5.89. The minimum absolute atomic E-state index is 0.167. The van der Waals surface area contributed by atoms with Crippen molar-refractivity contribution in [3.8, 4) is 0 Å². The lowest BCUT2D eigenvalue weighted by Gasteiger charge is -2.06. The lowest BCUT2D eigenvalue weighted by atomic mass is 10.1. The molecule has 0 heterocycles. The third-order valence-corrected chi connectivity index (χ3v) is 3.52. The lowest BCUT2D eigenvalue weighted by molar-refractivity contribution is -0.144. The van der Waals surface area contributed by atoms with Crippen LogP contribution in [0.4, 0.5) is 0 Å². The third kappa shape index (κ3) is 17.7. The molecular formula is C17H30Cl2O4. The average molecular weight is 369 g/mol. The zero-order valence-electron chi connectivity index (χ0n) is 14.3. The maximum absolute atomic E-state index is 11.2. The van der Waals surface area contributed by atoms with E-state index in [0.717, 1.165) is 44.9 Å². The largest absolute Gasteiger partial charge is 0.466 e. The summed E-state index contributed by atoms with van der Waals surface area (Å²) in [4.78, 5) is 22.5. The van der Waals surface area contributed by atoms with Crippen LogP contribution in [0.15, 0.2) is 0 Å². The van der Waals surface area contributed by atoms with Crippen LogP contribution in [0.2, 0.25) is 0 Å². The zero-order valence-corrected chi connectivity index (χ0v) is 15.8. The van der Waals surface area contributed by atoms with Gasteiger partial charge in [0.25, 0.3) is 0 Å². The van der Waals surface area contributed by atoms with Gasteiger partial charge < -0.3 is 9.47 Å². The number of hydrogen-bond donors (Lipinski definition) is 0. The first kappa shape index (κ1) is 22.5. The molecular weight excluding hydrogens is 339 g/mol. The van der Waals surface area contributed by atoms with Gasteiger partial charge in [0.05, 0.1) is 26.1 Å². The minimum Gasteiger partial charge on any atom is -0.466 e. The van der Waals surface area contributed by atoms with E-state index >= 15 is 0 Å². The predicted octanol–water partition coefficient (Wildman–Crippen LogP) is 4.84. The Bertz CT molecular complexity index is 290. The number of carbonyl (C=O) groups excluding carboxylic acids is 2. The Labute approximate surface area is 150 Å². The molecule has 0 saturated heterocycles. The smallest absolute Gasteiger partial charge is 0.307 e. The van der Waals surface area contributed by atoms with Gasteiger partial charge in [0.2, 0.25) is 0 Å². The van der Waals surface area contributed by atoms with Crippen molar-refractivity contribution < 1.29 is 19.1 Å². The van der Waals surface area contributed by atoms with E-state index in [0.29, 0.717) is 13.2 Å². The average Bonchev–Trinajstić information content (AvgIpc) is 2.43. The van der Waals surface area contributed by atoms with E-state index in [4.69, 9.17) is 32.7 Å². The van der Waals surface area contributed by atoms with E-state index in [2.05, 4.69) is 0 Å². The van der Waals surface area contributed by atoms with Crippen LogP contribution in [0.25, 0.3) is 0 Å². The monoisotopic (exact) mass is 368 g/mol. The highest BCUT2D eigenvalue weighted by Crippen LogP contribution is 2.09. The molecule has 136 valence electrons. The molecule has 0 aliphatic rings. The molecule has 0 rings (SSSR count). The highest BCUT2D eigenvalue weighted by atomic mass is 35.5. The van der Waals surface area contributed by atoms with Gasteiger partial charge in [-0.15, -0.1) is 23.2 Å². The zero-order chi connectivity index (χ0) is 17.5. The van der Waals surface area contributed by atoms with Crippen LogP contribution < -0.4 is 0 Å². The number of unbranched alkanes of at least 4 members (excludes halogenated alkanes) is 6. The Kier molecular flexibility index (Phi) is 14.8. The summed E-state index contributed by atoms with van der Waals surface area (Å²) in [6, 6.07) is 0. The van der Waals surface area contributed by atoms with Crippen molar-refractivity contribution in [2.75, 3.05) is 13.2 Å². The first-order valence-electron chi connectivity index (χ1n) is 8.51. The van der Waals surface area contributed by atoms with Crippen molar-refractivity contribution in [3.05, 3.63) is 0 Å². The van der Waals surface area contributed by atoms with Crippen molar-refractivity contribution >= 4 is 35.1 Å². The minimum atomic E-state index is -0.217. The van der Waals surface area contributed by atoms with Gasteiger partial charge in [0.15, 0.2) is 0 Å². The van der Waals surface area contributed by atoms with Crippen LogP contribution >= 0.6 is 23.2 Å². The van der Waals surface area contributed by atoms with Crippen molar-refractivity contribution in [1.82, 2.24) is 0 Å². The quantitative estimate of drug-likeness (QED) is 0.250. The number of halogens is 2. The fraction of sp³-hybridized carbons (Fsp3) is 0.882. The molecule has 0 radical (unpaired) electrons. The van der Waals surface area contributed by atoms with Gasteiger partial charge >= 0.3 is 11.9 Å². The second kappa shape index (κ2) is 15.1. The van der Waals surface area contributed by atoms with Crippen LogP contribution in [0.1, 0.15) is 71.6 Å². The predicted molar refractivity (Wildman–Crippen MR) is 94.1 cm³/mol. The van der Waals surface area contributed by atoms with E-state index in [1.54, 1.807) is 13.8 Å². The molecule has 6 heteroatoms. The number of ether oxygens (including phenoxy) is 2. The van der Waals surface area contributed by atoms with Gasteiger partial charge in [-0.25, -0.2) is 0 Å². The number of alkyl halides is 2. The van der Waals surface area contributed by atoms with E-state index in [-0.39, 0.29) is 35.5 Å². The molecule has 0 fully saturated rings. The molecule has 0 amide bonds. The number of hydrogen-bond acceptors (Lipinski definition) is 4. The van der Waals surface area contributed by atoms with Gasteiger partial charge in [-0.2, -0.15) is 0 Å². The van der Waals surface area contributed by atoms with Crippen molar-refractivity contribution in [2.45, 2.75) is 82.4 Å². The van der Waals surface area contributed by atoms with Crippen molar-refractivity contribution in [1.29, 1.82) is 0 Å². The first-order chi connectivity index (χ1) is 10.9. The summed E-state index contributed by atoms with van der Waals surface area (Å²) < 4.78 is 10.2. The van der Waals surface area contributed by atoms with E-state index in [1.807, 2.05) is 0 Å². The fourth-order valence-corrected chi connectivity index (χ4v) is 2.29. The summed E-state index contributed by atoms with van der Waals surface area (Å²) in [5, 5.41) is -0.333. The molecule has 0 aliphatic heterocycles. The molecule has 0 aliphatic carbocycles. The Morgan fingerprint density at radius 2 is 1.00 bits per heavy atom.